The minimum atomic E-state index is -2.32. The molecule has 1 aromatic heterocycles. The summed E-state index contributed by atoms with van der Waals surface area (Å²) in [7, 11) is 0. The molecule has 4 aromatic rings. The van der Waals surface area contributed by atoms with E-state index < -0.39 is 34.4 Å². The van der Waals surface area contributed by atoms with Gasteiger partial charge in [-0.2, -0.15) is 5.26 Å². The summed E-state index contributed by atoms with van der Waals surface area (Å²) in [6, 6.07) is 24.4. The first-order valence-corrected chi connectivity index (χ1v) is 12.9. The standard InChI is InChI=1S/C32H23N3O6/c1-3-39-29(36)24-26(19-9-5-4-6-10-19)35(20-15-13-18(2)14-16-20)31(38)32(24)22(17-33)28(34)41-27-21-11-7-8-12-23(21)40-30(37)25(27)32/h4-16H,3,34H2,1-2H3. The van der Waals surface area contributed by atoms with Crippen LogP contribution in [0.5, 0.6) is 5.75 Å². The van der Waals surface area contributed by atoms with Crippen molar-refractivity contribution in [3.05, 3.63) is 123 Å². The third-order valence-corrected chi connectivity index (χ3v) is 7.26. The van der Waals surface area contributed by atoms with Crippen LogP contribution in [0.3, 0.4) is 0 Å². The summed E-state index contributed by atoms with van der Waals surface area (Å²) < 4.78 is 17.0. The Morgan fingerprint density at radius 2 is 1.71 bits per heavy atom. The molecule has 1 unspecified atom stereocenters. The van der Waals surface area contributed by atoms with Crippen LogP contribution in [0.15, 0.2) is 105 Å². The van der Waals surface area contributed by atoms with Gasteiger partial charge in [-0.05, 0) is 43.7 Å². The van der Waals surface area contributed by atoms with Gasteiger partial charge in [0.05, 0.1) is 23.3 Å². The van der Waals surface area contributed by atoms with E-state index in [4.69, 9.17) is 19.6 Å². The molecule has 2 aliphatic rings. The first kappa shape index (κ1) is 25.6. The predicted molar refractivity (Wildman–Crippen MR) is 150 cm³/mol. The third kappa shape index (κ3) is 3.58. The predicted octanol–water partition coefficient (Wildman–Crippen LogP) is 4.45. The number of anilines is 1. The Kier molecular flexibility index (Phi) is 5.97. The summed E-state index contributed by atoms with van der Waals surface area (Å²) >= 11 is 0. The lowest BCUT2D eigenvalue weighted by molar-refractivity contribution is -0.140. The number of benzene rings is 3. The number of fused-ring (bicyclic) bond motifs is 4. The van der Waals surface area contributed by atoms with Crippen LogP contribution in [0.4, 0.5) is 5.69 Å². The van der Waals surface area contributed by atoms with Gasteiger partial charge in [-0.25, -0.2) is 9.59 Å². The zero-order chi connectivity index (χ0) is 28.9. The molecule has 1 atom stereocenters. The van der Waals surface area contributed by atoms with Crippen molar-refractivity contribution in [2.45, 2.75) is 19.3 Å². The average molecular weight is 546 g/mol. The lowest BCUT2D eigenvalue weighted by Crippen LogP contribution is -2.49. The number of hydrogen-bond donors (Lipinski definition) is 1. The number of nitrogens with zero attached hydrogens (tertiary/aromatic N) is 2. The maximum absolute atomic E-state index is 15.0. The molecule has 9 heteroatoms. The van der Waals surface area contributed by atoms with Crippen molar-refractivity contribution in [1.82, 2.24) is 0 Å². The Labute approximate surface area is 234 Å². The molecule has 0 fully saturated rings. The number of esters is 1. The number of amides is 1. The van der Waals surface area contributed by atoms with Crippen molar-refractivity contribution in [2.75, 3.05) is 11.5 Å². The number of hydrogen-bond acceptors (Lipinski definition) is 8. The molecule has 0 radical (unpaired) electrons. The zero-order valence-electron chi connectivity index (χ0n) is 22.1. The van der Waals surface area contributed by atoms with Gasteiger partial charge >= 0.3 is 11.6 Å². The van der Waals surface area contributed by atoms with Crippen LogP contribution < -0.4 is 21.0 Å². The van der Waals surface area contributed by atoms with Gasteiger partial charge in [0.25, 0.3) is 5.91 Å². The molecule has 9 nitrogen and oxygen atoms in total. The van der Waals surface area contributed by atoms with E-state index in [1.807, 2.05) is 25.1 Å². The van der Waals surface area contributed by atoms with Crippen molar-refractivity contribution in [3.63, 3.8) is 0 Å². The minimum Gasteiger partial charge on any atom is -0.463 e. The number of nitriles is 1. The quantitative estimate of drug-likeness (QED) is 0.294. The zero-order valence-corrected chi connectivity index (χ0v) is 22.1. The molecule has 3 heterocycles. The Balaban J connectivity index is 1.84. The molecule has 1 amide bonds. The summed E-state index contributed by atoms with van der Waals surface area (Å²) in [6.07, 6.45) is 0. The molecule has 1 spiro atoms. The van der Waals surface area contributed by atoms with Crippen LogP contribution in [-0.2, 0) is 19.7 Å². The molecule has 202 valence electrons. The Morgan fingerprint density at radius 3 is 2.39 bits per heavy atom. The maximum Gasteiger partial charge on any atom is 0.345 e. The first-order chi connectivity index (χ1) is 19.8. The molecule has 0 aliphatic carbocycles. The highest BCUT2D eigenvalue weighted by molar-refractivity contribution is 6.28. The average Bonchev–Trinajstić information content (AvgIpc) is 3.23. The third-order valence-electron chi connectivity index (χ3n) is 7.26. The van der Waals surface area contributed by atoms with Crippen LogP contribution in [0, 0.1) is 18.3 Å². The van der Waals surface area contributed by atoms with Crippen LogP contribution in [0.2, 0.25) is 0 Å². The van der Waals surface area contributed by atoms with Gasteiger partial charge in [-0.3, -0.25) is 9.69 Å². The smallest absolute Gasteiger partial charge is 0.345 e. The first-order valence-electron chi connectivity index (χ1n) is 12.9. The number of carbonyl (C=O) groups excluding carboxylic acids is 2. The fourth-order valence-electron chi connectivity index (χ4n) is 5.55. The highest BCUT2D eigenvalue weighted by atomic mass is 16.5. The monoisotopic (exact) mass is 545 g/mol. The molecule has 2 aliphatic heterocycles. The van der Waals surface area contributed by atoms with Gasteiger partial charge in [-0.15, -0.1) is 0 Å². The van der Waals surface area contributed by atoms with E-state index in [-0.39, 0.29) is 34.8 Å². The van der Waals surface area contributed by atoms with Gasteiger partial charge in [0.15, 0.2) is 11.2 Å². The largest absolute Gasteiger partial charge is 0.463 e. The van der Waals surface area contributed by atoms with Gasteiger partial charge in [0.2, 0.25) is 5.88 Å². The molecule has 0 saturated heterocycles. The van der Waals surface area contributed by atoms with E-state index in [0.717, 1.165) is 5.56 Å². The molecule has 3 aromatic carbocycles. The summed E-state index contributed by atoms with van der Waals surface area (Å²) in [5.74, 6) is -2.14. The topological polar surface area (TPSA) is 136 Å². The Bertz CT molecular complexity index is 1920. The van der Waals surface area contributed by atoms with Crippen LogP contribution >= 0.6 is 0 Å². The van der Waals surface area contributed by atoms with Gasteiger partial charge in [0.1, 0.15) is 22.8 Å². The van der Waals surface area contributed by atoms with Gasteiger partial charge in [0, 0.05) is 5.69 Å². The molecule has 6 rings (SSSR count). The molecule has 2 N–H and O–H groups in total. The number of carbonyl (C=O) groups is 2. The normalized spacial score (nSPS) is 18.0. The minimum absolute atomic E-state index is 0.0318. The lowest BCUT2D eigenvalue weighted by atomic mass is 9.68. The molecule has 0 bridgehead atoms. The van der Waals surface area contributed by atoms with Gasteiger partial charge < -0.3 is 19.6 Å². The summed E-state index contributed by atoms with van der Waals surface area (Å²) in [4.78, 5) is 44.2. The summed E-state index contributed by atoms with van der Waals surface area (Å²) in [5.41, 5.74) is 4.27. The number of para-hydroxylation sites is 1. The molecule has 0 saturated carbocycles. The van der Waals surface area contributed by atoms with Crippen molar-refractivity contribution in [3.8, 4) is 11.8 Å². The second kappa shape index (κ2) is 9.54. The van der Waals surface area contributed by atoms with E-state index >= 15 is 4.79 Å². The van der Waals surface area contributed by atoms with E-state index in [1.165, 1.54) is 4.90 Å². The number of nitrogens with two attached hydrogens (primary N) is 1. The number of rotatable bonds is 4. The van der Waals surface area contributed by atoms with E-state index in [0.29, 0.717) is 16.6 Å². The van der Waals surface area contributed by atoms with Crippen LogP contribution in [-0.4, -0.2) is 18.5 Å². The number of aryl methyl sites for hydroxylation is 1. The highest BCUT2D eigenvalue weighted by Gasteiger charge is 2.65. The molecular weight excluding hydrogens is 522 g/mol. The molecular formula is C32H23N3O6. The van der Waals surface area contributed by atoms with Crippen molar-refractivity contribution in [1.29, 1.82) is 5.26 Å². The van der Waals surface area contributed by atoms with Gasteiger partial charge in [-0.1, -0.05) is 60.2 Å². The van der Waals surface area contributed by atoms with Crippen LogP contribution in [0.1, 0.15) is 23.6 Å². The van der Waals surface area contributed by atoms with E-state index in [2.05, 4.69) is 0 Å². The Hall–Kier alpha value is -5.62. The fourth-order valence-corrected chi connectivity index (χ4v) is 5.55. The molecule has 41 heavy (non-hydrogen) atoms. The van der Waals surface area contributed by atoms with Crippen LogP contribution in [0.25, 0.3) is 16.7 Å². The maximum atomic E-state index is 15.0. The summed E-state index contributed by atoms with van der Waals surface area (Å²) in [5, 5.41) is 10.8. The second-order valence-electron chi connectivity index (χ2n) is 9.58. The fraction of sp³-hybridized carbons (Fsp3) is 0.125. The SMILES string of the molecule is CCOC(=O)C1=C(c2ccccc2)N(c2ccc(C)cc2)C(=O)C12C(C#N)=C(N)Oc1c2c(=O)oc2ccccc12. The second-order valence-corrected chi connectivity index (χ2v) is 9.58. The Morgan fingerprint density at radius 1 is 1.02 bits per heavy atom. The highest BCUT2D eigenvalue weighted by Crippen LogP contribution is 2.56. The van der Waals surface area contributed by atoms with Crippen molar-refractivity contribution < 1.29 is 23.5 Å². The summed E-state index contributed by atoms with van der Waals surface area (Å²) in [6.45, 7) is 3.49. The number of ether oxygens (including phenoxy) is 2. The lowest BCUT2D eigenvalue weighted by Gasteiger charge is -2.34. The van der Waals surface area contributed by atoms with Crippen molar-refractivity contribution in [2.24, 2.45) is 5.73 Å². The van der Waals surface area contributed by atoms with Crippen molar-refractivity contribution >= 4 is 34.2 Å². The van der Waals surface area contributed by atoms with E-state index in [9.17, 15) is 14.9 Å². The van der Waals surface area contributed by atoms with E-state index in [1.54, 1.807) is 73.7 Å².